The summed E-state index contributed by atoms with van der Waals surface area (Å²) in [5, 5.41) is 16.3. The van der Waals surface area contributed by atoms with Gasteiger partial charge in [-0.2, -0.15) is 5.01 Å². The van der Waals surface area contributed by atoms with Gasteiger partial charge in [-0.1, -0.05) is 12.1 Å². The number of nitro benzene ring substituents is 1. The fraction of sp³-hybridized carbons (Fsp3) is 0.200. The Labute approximate surface area is 131 Å². The molecular weight excluding hydrogens is 302 g/mol. The highest BCUT2D eigenvalue weighted by Gasteiger charge is 2.46. The van der Waals surface area contributed by atoms with Crippen molar-refractivity contribution in [3.05, 3.63) is 64.1 Å². The molecule has 0 saturated carbocycles. The van der Waals surface area contributed by atoms with Crippen LogP contribution in [0.2, 0.25) is 0 Å². The van der Waals surface area contributed by atoms with Crippen LogP contribution in [0.3, 0.4) is 0 Å². The number of hydrazone groups is 1. The van der Waals surface area contributed by atoms with Crippen molar-refractivity contribution in [2.45, 2.75) is 19.6 Å². The lowest BCUT2D eigenvalue weighted by Gasteiger charge is -2.30. The number of nitro groups is 1. The summed E-state index contributed by atoms with van der Waals surface area (Å²) >= 11 is 0. The van der Waals surface area contributed by atoms with Crippen molar-refractivity contribution in [1.82, 2.24) is 5.01 Å². The van der Waals surface area contributed by atoms with Crippen LogP contribution in [0.1, 0.15) is 25.2 Å². The first-order chi connectivity index (χ1) is 10.9. The average Bonchev–Trinajstić information content (AvgIpc) is 3.15. The standard InChI is InChI=1S/C15H13N3O5/c1-10(19)17-15(2,11-5-3-6-12(9-11)18(20)21)23-14(16-17)13-7-4-8-22-13/h3-9H,1-2H3/t15-/m0/s1. The largest absolute Gasteiger partial charge is 0.459 e. The zero-order chi connectivity index (χ0) is 16.6. The van der Waals surface area contributed by atoms with Crippen molar-refractivity contribution in [3.63, 3.8) is 0 Å². The van der Waals surface area contributed by atoms with Crippen LogP contribution in [0.5, 0.6) is 0 Å². The van der Waals surface area contributed by atoms with Crippen LogP contribution >= 0.6 is 0 Å². The number of rotatable bonds is 3. The van der Waals surface area contributed by atoms with Crippen LogP contribution < -0.4 is 0 Å². The van der Waals surface area contributed by atoms with Gasteiger partial charge in [-0.05, 0) is 12.1 Å². The molecule has 1 amide bonds. The Morgan fingerprint density at radius 2 is 2.13 bits per heavy atom. The van der Waals surface area contributed by atoms with Gasteiger partial charge < -0.3 is 9.15 Å². The zero-order valence-electron chi connectivity index (χ0n) is 12.4. The molecule has 1 atom stereocenters. The first-order valence-electron chi connectivity index (χ1n) is 6.79. The number of nitrogens with zero attached hydrogens (tertiary/aromatic N) is 3. The van der Waals surface area contributed by atoms with Gasteiger partial charge >= 0.3 is 0 Å². The summed E-state index contributed by atoms with van der Waals surface area (Å²) in [6.07, 6.45) is 1.46. The van der Waals surface area contributed by atoms with Gasteiger partial charge in [-0.3, -0.25) is 14.9 Å². The van der Waals surface area contributed by atoms with Gasteiger partial charge in [0.2, 0.25) is 11.6 Å². The van der Waals surface area contributed by atoms with E-state index < -0.39 is 10.6 Å². The van der Waals surface area contributed by atoms with E-state index in [9.17, 15) is 14.9 Å². The Hall–Kier alpha value is -3.16. The molecule has 0 unspecified atom stereocenters. The Kier molecular flexibility index (Phi) is 3.36. The third-order valence-electron chi connectivity index (χ3n) is 3.51. The van der Waals surface area contributed by atoms with E-state index in [2.05, 4.69) is 5.10 Å². The van der Waals surface area contributed by atoms with Gasteiger partial charge in [0.1, 0.15) is 0 Å². The Morgan fingerprint density at radius 1 is 1.35 bits per heavy atom. The first-order valence-corrected chi connectivity index (χ1v) is 6.79. The number of benzene rings is 1. The molecule has 1 aromatic carbocycles. The Balaban J connectivity index is 2.05. The second-order valence-corrected chi connectivity index (χ2v) is 5.11. The minimum atomic E-state index is -1.29. The highest BCUT2D eigenvalue weighted by molar-refractivity contribution is 5.94. The summed E-state index contributed by atoms with van der Waals surface area (Å²) < 4.78 is 11.1. The molecule has 0 aliphatic carbocycles. The summed E-state index contributed by atoms with van der Waals surface area (Å²) in [5.41, 5.74) is -0.950. The number of hydrogen-bond acceptors (Lipinski definition) is 6. The predicted octanol–water partition coefficient (Wildman–Crippen LogP) is 2.60. The number of non-ortho nitro benzene ring substituents is 1. The molecule has 0 fully saturated rings. The lowest BCUT2D eigenvalue weighted by molar-refractivity contribution is -0.385. The molecule has 1 aliphatic heterocycles. The molecule has 23 heavy (non-hydrogen) atoms. The summed E-state index contributed by atoms with van der Waals surface area (Å²) in [4.78, 5) is 22.4. The summed E-state index contributed by atoms with van der Waals surface area (Å²) in [6, 6.07) is 9.22. The number of carbonyl (C=O) groups excluding carboxylic acids is 1. The van der Waals surface area contributed by atoms with Crippen molar-refractivity contribution in [2.75, 3.05) is 0 Å². The molecule has 3 rings (SSSR count). The molecule has 118 valence electrons. The molecule has 8 heteroatoms. The topological polar surface area (TPSA) is 98.2 Å². The second-order valence-electron chi connectivity index (χ2n) is 5.11. The number of ether oxygens (including phenoxy) is 1. The molecule has 0 N–H and O–H groups in total. The summed E-state index contributed by atoms with van der Waals surface area (Å²) in [6.45, 7) is 2.96. The quantitative estimate of drug-likeness (QED) is 0.640. The van der Waals surface area contributed by atoms with Crippen LogP contribution in [-0.4, -0.2) is 21.7 Å². The molecule has 1 aromatic heterocycles. The SMILES string of the molecule is CC(=O)N1N=C(c2ccco2)O[C@@]1(C)c1cccc([N+](=O)[O-])c1. The van der Waals surface area contributed by atoms with Gasteiger partial charge in [0.25, 0.3) is 11.6 Å². The zero-order valence-corrected chi connectivity index (χ0v) is 12.4. The summed E-state index contributed by atoms with van der Waals surface area (Å²) in [7, 11) is 0. The van der Waals surface area contributed by atoms with E-state index in [1.165, 1.54) is 31.4 Å². The minimum Gasteiger partial charge on any atom is -0.459 e. The predicted molar refractivity (Wildman–Crippen MR) is 79.3 cm³/mol. The first kappa shape index (κ1) is 14.8. The van der Waals surface area contributed by atoms with Crippen LogP contribution in [-0.2, 0) is 15.3 Å². The lowest BCUT2D eigenvalue weighted by atomic mass is 10.0. The molecule has 0 saturated heterocycles. The van der Waals surface area contributed by atoms with Crippen molar-refractivity contribution in [3.8, 4) is 0 Å². The molecule has 0 bridgehead atoms. The molecule has 0 spiro atoms. The van der Waals surface area contributed by atoms with Crippen LogP contribution in [0.4, 0.5) is 5.69 Å². The fourth-order valence-corrected chi connectivity index (χ4v) is 2.40. The van der Waals surface area contributed by atoms with Crippen molar-refractivity contribution in [1.29, 1.82) is 0 Å². The number of hydrogen-bond donors (Lipinski definition) is 0. The maximum Gasteiger partial charge on any atom is 0.277 e. The lowest BCUT2D eigenvalue weighted by Crippen LogP contribution is -2.41. The van der Waals surface area contributed by atoms with E-state index in [1.54, 1.807) is 25.1 Å². The third-order valence-corrected chi connectivity index (χ3v) is 3.51. The highest BCUT2D eigenvalue weighted by atomic mass is 16.6. The highest BCUT2D eigenvalue weighted by Crippen LogP contribution is 2.37. The van der Waals surface area contributed by atoms with E-state index in [1.807, 2.05) is 0 Å². The molecule has 0 radical (unpaired) electrons. The fourth-order valence-electron chi connectivity index (χ4n) is 2.40. The minimum absolute atomic E-state index is 0.0951. The van der Waals surface area contributed by atoms with Crippen molar-refractivity contribution < 1.29 is 18.9 Å². The number of furan rings is 1. The van der Waals surface area contributed by atoms with E-state index in [0.29, 0.717) is 11.3 Å². The molecule has 1 aliphatic rings. The second kappa shape index (κ2) is 5.24. The van der Waals surface area contributed by atoms with Gasteiger partial charge in [-0.25, -0.2) is 0 Å². The Bertz CT molecular complexity index is 799. The molecule has 2 heterocycles. The van der Waals surface area contributed by atoms with Gasteiger partial charge in [-0.15, -0.1) is 5.10 Å². The Morgan fingerprint density at radius 3 is 2.74 bits per heavy atom. The normalized spacial score (nSPS) is 20.1. The van der Waals surface area contributed by atoms with Crippen molar-refractivity contribution in [2.24, 2.45) is 5.10 Å². The maximum atomic E-state index is 11.9. The van der Waals surface area contributed by atoms with Crippen LogP contribution in [0, 0.1) is 10.1 Å². The van der Waals surface area contributed by atoms with Gasteiger partial charge in [0.05, 0.1) is 11.2 Å². The van der Waals surface area contributed by atoms with E-state index in [4.69, 9.17) is 9.15 Å². The van der Waals surface area contributed by atoms with Crippen LogP contribution in [0.15, 0.2) is 52.2 Å². The third kappa shape index (κ3) is 2.44. The van der Waals surface area contributed by atoms with Crippen LogP contribution in [0.25, 0.3) is 0 Å². The molecular formula is C15H13N3O5. The van der Waals surface area contributed by atoms with Gasteiger partial charge in [0, 0.05) is 31.5 Å². The van der Waals surface area contributed by atoms with E-state index >= 15 is 0 Å². The average molecular weight is 315 g/mol. The van der Waals surface area contributed by atoms with E-state index in [0.717, 1.165) is 5.01 Å². The molecule has 2 aromatic rings. The summed E-state index contributed by atoms with van der Waals surface area (Å²) in [5.74, 6) is 0.144. The number of amides is 1. The van der Waals surface area contributed by atoms with E-state index in [-0.39, 0.29) is 17.5 Å². The monoisotopic (exact) mass is 315 g/mol. The molecule has 8 nitrogen and oxygen atoms in total. The van der Waals surface area contributed by atoms with Crippen molar-refractivity contribution >= 4 is 17.5 Å². The maximum absolute atomic E-state index is 11.9. The number of carbonyl (C=O) groups is 1. The van der Waals surface area contributed by atoms with Gasteiger partial charge in [0.15, 0.2) is 5.76 Å². The smallest absolute Gasteiger partial charge is 0.277 e.